The topological polar surface area (TPSA) is 35.2 Å². The van der Waals surface area contributed by atoms with Gasteiger partial charge in [-0.25, -0.2) is 0 Å². The lowest BCUT2D eigenvalue weighted by molar-refractivity contribution is 0.294. The molecule has 0 aromatic heterocycles. The van der Waals surface area contributed by atoms with Gasteiger partial charge in [0.2, 0.25) is 0 Å². The van der Waals surface area contributed by atoms with E-state index in [-0.39, 0.29) is 6.04 Å². The fourth-order valence-electron chi connectivity index (χ4n) is 1.31. The van der Waals surface area contributed by atoms with Gasteiger partial charge in [-0.15, -0.1) is 0 Å². The molecular formula is C12H19NO. The highest BCUT2D eigenvalue weighted by Crippen LogP contribution is 2.22. The lowest BCUT2D eigenvalue weighted by Gasteiger charge is -2.13. The van der Waals surface area contributed by atoms with Crippen molar-refractivity contribution in [3.63, 3.8) is 0 Å². The summed E-state index contributed by atoms with van der Waals surface area (Å²) >= 11 is 0. The second-order valence-corrected chi connectivity index (χ2v) is 3.99. The van der Waals surface area contributed by atoms with Crippen LogP contribution in [0.4, 0.5) is 0 Å². The minimum atomic E-state index is 0.0796. The quantitative estimate of drug-likeness (QED) is 0.799. The Morgan fingerprint density at radius 1 is 1.14 bits per heavy atom. The predicted octanol–water partition coefficient (Wildman–Crippen LogP) is 2.34. The zero-order valence-corrected chi connectivity index (χ0v) is 9.42. The van der Waals surface area contributed by atoms with Gasteiger partial charge in [0, 0.05) is 6.04 Å². The Kier molecular flexibility index (Phi) is 3.53. The van der Waals surface area contributed by atoms with E-state index >= 15 is 0 Å². The van der Waals surface area contributed by atoms with Gasteiger partial charge in [0.05, 0.1) is 0 Å². The first kappa shape index (κ1) is 11.1. The summed E-state index contributed by atoms with van der Waals surface area (Å²) in [6.07, 6.45) is 0. The van der Waals surface area contributed by atoms with Gasteiger partial charge in [-0.1, -0.05) is 6.07 Å². The first-order chi connectivity index (χ1) is 6.50. The van der Waals surface area contributed by atoms with Crippen LogP contribution in [-0.4, -0.2) is 12.6 Å². The minimum Gasteiger partial charge on any atom is -0.492 e. The van der Waals surface area contributed by atoms with Crippen LogP contribution in [0, 0.1) is 20.8 Å². The van der Waals surface area contributed by atoms with Crippen molar-refractivity contribution in [2.45, 2.75) is 33.7 Å². The van der Waals surface area contributed by atoms with E-state index < -0.39 is 0 Å². The Hall–Kier alpha value is -1.02. The first-order valence-electron chi connectivity index (χ1n) is 4.97. The van der Waals surface area contributed by atoms with Gasteiger partial charge >= 0.3 is 0 Å². The number of ether oxygens (including phenoxy) is 1. The Balaban J connectivity index is 2.82. The SMILES string of the molecule is Cc1cc(C)c(OC[C@@H](C)N)cc1C. The van der Waals surface area contributed by atoms with Crippen LogP contribution in [0.1, 0.15) is 23.6 Å². The van der Waals surface area contributed by atoms with Gasteiger partial charge < -0.3 is 10.5 Å². The lowest BCUT2D eigenvalue weighted by Crippen LogP contribution is -2.23. The van der Waals surface area contributed by atoms with Crippen LogP contribution in [0.3, 0.4) is 0 Å². The summed E-state index contributed by atoms with van der Waals surface area (Å²) in [6, 6.07) is 4.30. The van der Waals surface area contributed by atoms with Gasteiger partial charge in [0.25, 0.3) is 0 Å². The number of nitrogens with two attached hydrogens (primary N) is 1. The van der Waals surface area contributed by atoms with Crippen molar-refractivity contribution in [1.29, 1.82) is 0 Å². The Labute approximate surface area is 86.1 Å². The van der Waals surface area contributed by atoms with E-state index in [2.05, 4.69) is 32.9 Å². The van der Waals surface area contributed by atoms with Crippen LogP contribution in [0.2, 0.25) is 0 Å². The molecule has 0 heterocycles. The van der Waals surface area contributed by atoms with Crippen molar-refractivity contribution >= 4 is 0 Å². The maximum absolute atomic E-state index is 5.63. The fraction of sp³-hybridized carbons (Fsp3) is 0.500. The van der Waals surface area contributed by atoms with Crippen molar-refractivity contribution in [3.05, 3.63) is 28.8 Å². The molecule has 0 radical (unpaired) electrons. The molecule has 1 atom stereocenters. The fourth-order valence-corrected chi connectivity index (χ4v) is 1.31. The number of hydrogen-bond donors (Lipinski definition) is 1. The zero-order valence-electron chi connectivity index (χ0n) is 9.42. The van der Waals surface area contributed by atoms with Crippen LogP contribution in [0.15, 0.2) is 12.1 Å². The maximum atomic E-state index is 5.63. The van der Waals surface area contributed by atoms with E-state index in [1.54, 1.807) is 0 Å². The van der Waals surface area contributed by atoms with Gasteiger partial charge in [0.1, 0.15) is 12.4 Å². The summed E-state index contributed by atoms with van der Waals surface area (Å²) in [7, 11) is 0. The molecule has 0 bridgehead atoms. The highest BCUT2D eigenvalue weighted by atomic mass is 16.5. The summed E-state index contributed by atoms with van der Waals surface area (Å²) in [4.78, 5) is 0. The molecule has 0 saturated carbocycles. The molecule has 2 heteroatoms. The molecule has 2 nitrogen and oxygen atoms in total. The van der Waals surface area contributed by atoms with Gasteiger partial charge in [0.15, 0.2) is 0 Å². The molecule has 0 fully saturated rings. The third-order valence-corrected chi connectivity index (χ3v) is 2.29. The third kappa shape index (κ3) is 2.74. The molecule has 0 aliphatic rings. The number of hydrogen-bond acceptors (Lipinski definition) is 2. The van der Waals surface area contributed by atoms with Gasteiger partial charge in [-0.2, -0.15) is 0 Å². The summed E-state index contributed by atoms with van der Waals surface area (Å²) < 4.78 is 5.61. The van der Waals surface area contributed by atoms with Crippen LogP contribution in [0.25, 0.3) is 0 Å². The van der Waals surface area contributed by atoms with Crippen LogP contribution >= 0.6 is 0 Å². The maximum Gasteiger partial charge on any atom is 0.122 e. The van der Waals surface area contributed by atoms with Crippen molar-refractivity contribution in [2.24, 2.45) is 5.73 Å². The second-order valence-electron chi connectivity index (χ2n) is 3.99. The minimum absolute atomic E-state index is 0.0796. The van der Waals surface area contributed by atoms with Crippen molar-refractivity contribution in [2.75, 3.05) is 6.61 Å². The Morgan fingerprint density at radius 2 is 1.71 bits per heavy atom. The molecule has 0 saturated heterocycles. The summed E-state index contributed by atoms with van der Waals surface area (Å²) in [6.45, 7) is 8.77. The van der Waals surface area contributed by atoms with E-state index in [1.807, 2.05) is 6.92 Å². The monoisotopic (exact) mass is 193 g/mol. The van der Waals surface area contributed by atoms with Crippen LogP contribution < -0.4 is 10.5 Å². The van der Waals surface area contributed by atoms with Gasteiger partial charge in [-0.3, -0.25) is 0 Å². The molecule has 1 rings (SSSR count). The number of aryl methyl sites for hydroxylation is 3. The van der Waals surface area contributed by atoms with E-state index in [9.17, 15) is 0 Å². The smallest absolute Gasteiger partial charge is 0.122 e. The van der Waals surface area contributed by atoms with E-state index in [1.165, 1.54) is 16.7 Å². The highest BCUT2D eigenvalue weighted by molar-refractivity contribution is 5.40. The molecule has 0 unspecified atom stereocenters. The molecule has 0 amide bonds. The molecule has 2 N–H and O–H groups in total. The van der Waals surface area contributed by atoms with Crippen molar-refractivity contribution < 1.29 is 4.74 Å². The second kappa shape index (κ2) is 4.47. The molecule has 14 heavy (non-hydrogen) atoms. The van der Waals surface area contributed by atoms with E-state index in [0.29, 0.717) is 6.61 Å². The van der Waals surface area contributed by atoms with Gasteiger partial charge in [-0.05, 0) is 50.5 Å². The Morgan fingerprint density at radius 3 is 2.29 bits per heavy atom. The number of rotatable bonds is 3. The third-order valence-electron chi connectivity index (χ3n) is 2.29. The lowest BCUT2D eigenvalue weighted by atomic mass is 10.1. The van der Waals surface area contributed by atoms with E-state index in [0.717, 1.165) is 5.75 Å². The highest BCUT2D eigenvalue weighted by Gasteiger charge is 2.03. The Bertz CT molecular complexity index is 318. The van der Waals surface area contributed by atoms with Crippen LogP contribution in [-0.2, 0) is 0 Å². The molecule has 0 aliphatic heterocycles. The average Bonchev–Trinajstić information content (AvgIpc) is 2.09. The predicted molar refractivity (Wildman–Crippen MR) is 59.8 cm³/mol. The van der Waals surface area contributed by atoms with Crippen molar-refractivity contribution in [3.8, 4) is 5.75 Å². The molecule has 0 spiro atoms. The normalized spacial score (nSPS) is 12.6. The van der Waals surface area contributed by atoms with Crippen molar-refractivity contribution in [1.82, 2.24) is 0 Å². The summed E-state index contributed by atoms with van der Waals surface area (Å²) in [5, 5.41) is 0. The summed E-state index contributed by atoms with van der Waals surface area (Å²) in [5.41, 5.74) is 9.37. The summed E-state index contributed by atoms with van der Waals surface area (Å²) in [5.74, 6) is 0.949. The average molecular weight is 193 g/mol. The number of benzene rings is 1. The standard InChI is InChI=1S/C12H19NO/c1-8-5-10(3)12(6-9(8)2)14-7-11(4)13/h5-6,11H,7,13H2,1-4H3/t11-/m1/s1. The molecular weight excluding hydrogens is 174 g/mol. The van der Waals surface area contributed by atoms with Crippen LogP contribution in [0.5, 0.6) is 5.75 Å². The van der Waals surface area contributed by atoms with E-state index in [4.69, 9.17) is 10.5 Å². The molecule has 78 valence electrons. The molecule has 0 aliphatic carbocycles. The molecule has 1 aromatic rings. The molecule has 1 aromatic carbocycles. The largest absolute Gasteiger partial charge is 0.492 e. The first-order valence-corrected chi connectivity index (χ1v) is 4.97. The zero-order chi connectivity index (χ0) is 10.7.